The van der Waals surface area contributed by atoms with Crippen molar-refractivity contribution in [3.05, 3.63) is 71.8 Å². The predicted octanol–water partition coefficient (Wildman–Crippen LogP) is 8.46. The number of carbonyl (C=O) groups is 5. The molecule has 2 aliphatic rings. The molecule has 2 fully saturated rings. The molecule has 2 aromatic rings. The van der Waals surface area contributed by atoms with Crippen molar-refractivity contribution in [2.24, 2.45) is 0 Å². The number of rotatable bonds is 12. The summed E-state index contributed by atoms with van der Waals surface area (Å²) in [6, 6.07) is 17.7. The Morgan fingerprint density at radius 3 is 1.36 bits per heavy atom. The molecule has 2 heterocycles. The van der Waals surface area contributed by atoms with E-state index in [9.17, 15) is 34.2 Å². The molecule has 15 heteroatoms. The lowest BCUT2D eigenvalue weighted by Gasteiger charge is -2.44. The van der Waals surface area contributed by atoms with Gasteiger partial charge >= 0.3 is 30.3 Å². The molecule has 0 spiro atoms. The van der Waals surface area contributed by atoms with Gasteiger partial charge in [-0.3, -0.25) is 4.79 Å². The molecule has 2 aliphatic heterocycles. The number of nitrogens with zero attached hydrogens (tertiary/aromatic N) is 4. The van der Waals surface area contributed by atoms with Gasteiger partial charge < -0.3 is 48.8 Å². The highest BCUT2D eigenvalue weighted by Crippen LogP contribution is 2.29. The molecule has 61 heavy (non-hydrogen) atoms. The Morgan fingerprint density at radius 2 is 1.02 bits per heavy atom. The van der Waals surface area contributed by atoms with Crippen LogP contribution in [0.15, 0.2) is 60.7 Å². The number of likely N-dealkylation sites (tertiary alicyclic amines) is 2. The van der Waals surface area contributed by atoms with Crippen molar-refractivity contribution in [1.29, 1.82) is 0 Å². The van der Waals surface area contributed by atoms with Gasteiger partial charge in [0, 0.05) is 43.9 Å². The third kappa shape index (κ3) is 16.7. The summed E-state index contributed by atoms with van der Waals surface area (Å²) in [4.78, 5) is 69.2. The molecule has 4 rings (SSSR count). The standard InChI is InChI=1S/C23H34N2O6.C23H36N2O5/c1-16(2)25(22(29)30-15-17-9-7-6-8-10-17)19-12-11-18(13-20(26)27)24(14-19)21(28)31-23(3,4)5;1-17(2)25(22(28)29-16-18-9-7-6-8-10-18)20-12-11-19(13-14-26)24(15-20)21(27)30-23(3,4)5/h6-10,16,18-19H,11-15H2,1-5H3,(H,26,27);6-10,17,19-20,26H,11-16H2,1-5H3/t18-,19-;19-,20-/m11/s1. The first kappa shape index (κ1) is 50.3. The van der Waals surface area contributed by atoms with Crippen LogP contribution in [0.3, 0.4) is 0 Å². The molecule has 2 aromatic carbocycles. The van der Waals surface area contributed by atoms with Gasteiger partial charge in [0.2, 0.25) is 0 Å². The van der Waals surface area contributed by atoms with Gasteiger partial charge in [-0.1, -0.05) is 60.7 Å². The highest BCUT2D eigenvalue weighted by Gasteiger charge is 2.41. The Morgan fingerprint density at radius 1 is 0.639 bits per heavy atom. The molecular formula is C46H70N4O11. The maximum atomic E-state index is 12.9. The summed E-state index contributed by atoms with van der Waals surface area (Å²) in [5, 5.41) is 18.7. The Labute approximate surface area is 362 Å². The lowest BCUT2D eigenvalue weighted by Crippen LogP contribution is -2.57. The Balaban J connectivity index is 0.000000325. The van der Waals surface area contributed by atoms with Gasteiger partial charge in [0.1, 0.15) is 24.4 Å². The van der Waals surface area contributed by atoms with Crippen LogP contribution >= 0.6 is 0 Å². The smallest absolute Gasteiger partial charge is 0.410 e. The van der Waals surface area contributed by atoms with Crippen molar-refractivity contribution in [1.82, 2.24) is 19.6 Å². The Bertz CT molecular complexity index is 1690. The maximum absolute atomic E-state index is 12.9. The van der Waals surface area contributed by atoms with Gasteiger partial charge in [0.05, 0.1) is 18.5 Å². The number of benzene rings is 2. The van der Waals surface area contributed by atoms with E-state index in [0.29, 0.717) is 32.2 Å². The third-order valence-corrected chi connectivity index (χ3v) is 10.2. The zero-order valence-corrected chi connectivity index (χ0v) is 37.9. The second-order valence-electron chi connectivity index (χ2n) is 18.2. The molecule has 0 radical (unpaired) electrons. The highest BCUT2D eigenvalue weighted by molar-refractivity contribution is 5.73. The van der Waals surface area contributed by atoms with Crippen LogP contribution in [-0.4, -0.2) is 127 Å². The number of carbonyl (C=O) groups excluding carboxylic acids is 4. The largest absolute Gasteiger partial charge is 0.481 e. The zero-order valence-electron chi connectivity index (χ0n) is 37.9. The van der Waals surface area contributed by atoms with Gasteiger partial charge in [0.15, 0.2) is 0 Å². The lowest BCUT2D eigenvalue weighted by molar-refractivity contribution is -0.138. The number of amides is 4. The molecule has 4 atom stereocenters. The average molecular weight is 855 g/mol. The first-order chi connectivity index (χ1) is 28.6. The van der Waals surface area contributed by atoms with E-state index in [1.165, 1.54) is 4.90 Å². The normalized spacial score (nSPS) is 19.3. The van der Waals surface area contributed by atoms with E-state index in [2.05, 4.69) is 0 Å². The molecular weight excluding hydrogens is 785 g/mol. The summed E-state index contributed by atoms with van der Waals surface area (Å²) in [6.45, 7) is 19.4. The molecule has 0 saturated carbocycles. The van der Waals surface area contributed by atoms with E-state index in [-0.39, 0.29) is 69.1 Å². The van der Waals surface area contributed by atoms with Gasteiger partial charge in [-0.05, 0) is 112 Å². The summed E-state index contributed by atoms with van der Waals surface area (Å²) >= 11 is 0. The number of carboxylic acid groups (broad SMARTS) is 1. The number of hydrogen-bond acceptors (Lipinski definition) is 10. The van der Waals surface area contributed by atoms with E-state index < -0.39 is 41.5 Å². The van der Waals surface area contributed by atoms with Crippen molar-refractivity contribution < 1.29 is 53.1 Å². The average Bonchev–Trinajstić information content (AvgIpc) is 3.17. The molecule has 0 unspecified atom stereocenters. The number of hydrogen-bond donors (Lipinski definition) is 2. The monoisotopic (exact) mass is 855 g/mol. The molecule has 15 nitrogen and oxygen atoms in total. The minimum Gasteiger partial charge on any atom is -0.481 e. The molecule has 4 amide bonds. The van der Waals surface area contributed by atoms with Gasteiger partial charge in [-0.15, -0.1) is 0 Å². The van der Waals surface area contributed by atoms with Crippen LogP contribution in [0, 0.1) is 0 Å². The van der Waals surface area contributed by atoms with E-state index in [4.69, 9.17) is 18.9 Å². The minimum absolute atomic E-state index is 0.00163. The van der Waals surface area contributed by atoms with Gasteiger partial charge in [0.25, 0.3) is 0 Å². The fourth-order valence-corrected chi connectivity index (χ4v) is 7.57. The number of aliphatic hydroxyl groups excluding tert-OH is 1. The summed E-state index contributed by atoms with van der Waals surface area (Å²) in [5.74, 6) is -0.972. The van der Waals surface area contributed by atoms with Crippen molar-refractivity contribution >= 4 is 30.3 Å². The number of aliphatic hydroxyl groups is 1. The maximum Gasteiger partial charge on any atom is 0.410 e. The highest BCUT2D eigenvalue weighted by atomic mass is 16.6. The molecule has 0 aliphatic carbocycles. The molecule has 2 N–H and O–H groups in total. The molecule has 2 saturated heterocycles. The van der Waals surface area contributed by atoms with Gasteiger partial charge in [-0.2, -0.15) is 0 Å². The first-order valence-corrected chi connectivity index (χ1v) is 21.4. The predicted molar refractivity (Wildman–Crippen MR) is 231 cm³/mol. The molecule has 0 aromatic heterocycles. The number of aliphatic carboxylic acids is 1. The molecule has 340 valence electrons. The van der Waals surface area contributed by atoms with Crippen LogP contribution in [-0.2, 0) is 37.0 Å². The minimum atomic E-state index is -0.972. The van der Waals surface area contributed by atoms with Crippen LogP contribution in [0.2, 0.25) is 0 Å². The van der Waals surface area contributed by atoms with E-state index in [1.54, 1.807) is 35.5 Å². The third-order valence-electron chi connectivity index (χ3n) is 10.2. The Hall–Kier alpha value is -5.05. The zero-order chi connectivity index (χ0) is 45.5. The summed E-state index contributed by atoms with van der Waals surface area (Å²) in [5.41, 5.74) is 0.501. The van der Waals surface area contributed by atoms with Gasteiger partial charge in [-0.25, -0.2) is 19.2 Å². The van der Waals surface area contributed by atoms with Crippen LogP contribution < -0.4 is 0 Å². The van der Waals surface area contributed by atoms with Crippen LogP contribution in [0.1, 0.15) is 119 Å². The SMILES string of the molecule is CC(C)N(C(=O)OCc1ccccc1)[C@@H]1CC[C@H](CC(=O)O)N(C(=O)OC(C)(C)C)C1.CC(C)N(C(=O)OCc1ccccc1)[C@@H]1CC[C@H](CCO)N(C(=O)OC(C)(C)C)C1. The lowest BCUT2D eigenvalue weighted by atomic mass is 9.95. The fraction of sp³-hybridized carbons (Fsp3) is 0.630. The van der Waals surface area contributed by atoms with Crippen molar-refractivity contribution in [3.8, 4) is 0 Å². The number of piperidine rings is 2. The van der Waals surface area contributed by atoms with Crippen LogP contribution in [0.25, 0.3) is 0 Å². The van der Waals surface area contributed by atoms with E-state index in [0.717, 1.165) is 17.5 Å². The second kappa shape index (κ2) is 23.2. The fourth-order valence-electron chi connectivity index (χ4n) is 7.57. The quantitative estimate of drug-likeness (QED) is 0.196. The van der Waals surface area contributed by atoms with Crippen LogP contribution in [0.4, 0.5) is 19.2 Å². The second-order valence-corrected chi connectivity index (χ2v) is 18.2. The topological polar surface area (TPSA) is 176 Å². The number of ether oxygens (including phenoxy) is 4. The van der Waals surface area contributed by atoms with E-state index in [1.807, 2.05) is 109 Å². The van der Waals surface area contributed by atoms with E-state index >= 15 is 0 Å². The Kier molecular flexibility index (Phi) is 19.2. The van der Waals surface area contributed by atoms with Crippen LogP contribution in [0.5, 0.6) is 0 Å². The summed E-state index contributed by atoms with van der Waals surface area (Å²) < 4.78 is 22.2. The summed E-state index contributed by atoms with van der Waals surface area (Å²) in [7, 11) is 0. The number of carboxylic acids is 1. The first-order valence-electron chi connectivity index (χ1n) is 21.4. The van der Waals surface area contributed by atoms with Crippen molar-refractivity contribution in [2.75, 3.05) is 19.7 Å². The van der Waals surface area contributed by atoms with Crippen molar-refractivity contribution in [3.63, 3.8) is 0 Å². The summed E-state index contributed by atoms with van der Waals surface area (Å²) in [6.07, 6.45) is 0.992. The van der Waals surface area contributed by atoms with Crippen molar-refractivity contribution in [2.45, 2.75) is 168 Å². The molecule has 0 bridgehead atoms.